The average Bonchev–Trinajstić information content (AvgIpc) is 3.32. The van der Waals surface area contributed by atoms with Crippen molar-refractivity contribution >= 4 is 52.0 Å². The van der Waals surface area contributed by atoms with Crippen LogP contribution in [-0.2, 0) is 11.8 Å². The first kappa shape index (κ1) is 22.0. The zero-order chi connectivity index (χ0) is 22.0. The molecular formula is C20H17Cl2N3O4S. The maximum atomic E-state index is 12.4. The highest BCUT2D eigenvalue weighted by Gasteiger charge is 2.20. The largest absolute Gasteiger partial charge is 0.504 e. The van der Waals surface area contributed by atoms with Gasteiger partial charge in [-0.05, 0) is 31.2 Å². The molecule has 0 spiro atoms. The quantitative estimate of drug-likeness (QED) is 0.325. The predicted octanol–water partition coefficient (Wildman–Crippen LogP) is 4.64. The smallest absolute Gasteiger partial charge is 0.348 e. The second kappa shape index (κ2) is 8.99. The Kier molecular flexibility index (Phi) is 6.60. The molecule has 0 fully saturated rings. The monoisotopic (exact) mass is 465 g/mol. The molecule has 2 heterocycles. The fraction of sp³-hybridized carbons (Fsp3) is 0.200. The number of aromatic nitrogens is 2. The first-order valence-corrected chi connectivity index (χ1v) is 10.2. The summed E-state index contributed by atoms with van der Waals surface area (Å²) in [5.74, 6) is -0.824. The second-order valence-electron chi connectivity index (χ2n) is 6.28. The van der Waals surface area contributed by atoms with Crippen LogP contribution in [0, 0.1) is 0 Å². The summed E-state index contributed by atoms with van der Waals surface area (Å²) in [5.41, 5.74) is 1.74. The summed E-state index contributed by atoms with van der Waals surface area (Å²) in [5, 5.41) is 15.8. The van der Waals surface area contributed by atoms with Gasteiger partial charge in [0.15, 0.2) is 11.5 Å². The molecule has 1 aromatic carbocycles. The number of hydrogen-bond acceptors (Lipinski definition) is 7. The molecule has 0 unspecified atom stereocenters. The summed E-state index contributed by atoms with van der Waals surface area (Å²) in [4.78, 5) is 28.9. The lowest BCUT2D eigenvalue weighted by molar-refractivity contribution is 0.0606. The molecule has 10 heteroatoms. The number of aromatic hydroxyl groups is 1. The zero-order valence-electron chi connectivity index (χ0n) is 16.3. The summed E-state index contributed by atoms with van der Waals surface area (Å²) in [7, 11) is 2.96. The van der Waals surface area contributed by atoms with E-state index in [0.29, 0.717) is 36.8 Å². The third kappa shape index (κ3) is 4.40. The van der Waals surface area contributed by atoms with Crippen molar-refractivity contribution in [1.29, 1.82) is 0 Å². The molecule has 1 N–H and O–H groups in total. The number of ether oxygens (including phenoxy) is 1. The molecular weight excluding hydrogens is 449 g/mol. The Morgan fingerprint density at radius 1 is 1.20 bits per heavy atom. The highest BCUT2D eigenvalue weighted by Crippen LogP contribution is 2.35. The van der Waals surface area contributed by atoms with Crippen LogP contribution in [0.15, 0.2) is 35.3 Å². The normalized spacial score (nSPS) is 11.6. The summed E-state index contributed by atoms with van der Waals surface area (Å²) >= 11 is 13.1. The van der Waals surface area contributed by atoms with Gasteiger partial charge in [-0.15, -0.1) is 11.3 Å². The Labute approximate surface area is 186 Å². The number of ketones is 1. The molecule has 3 aromatic rings. The van der Waals surface area contributed by atoms with Crippen LogP contribution in [0.2, 0.25) is 10.0 Å². The molecule has 0 amide bonds. The van der Waals surface area contributed by atoms with Crippen LogP contribution in [0.3, 0.4) is 0 Å². The van der Waals surface area contributed by atoms with E-state index < -0.39 is 5.97 Å². The molecule has 0 aliphatic heterocycles. The van der Waals surface area contributed by atoms with E-state index in [2.05, 4.69) is 14.8 Å². The van der Waals surface area contributed by atoms with Crippen LogP contribution in [0.4, 0.5) is 0 Å². The van der Waals surface area contributed by atoms with E-state index in [1.54, 1.807) is 38.2 Å². The van der Waals surface area contributed by atoms with Crippen LogP contribution in [0.1, 0.15) is 32.0 Å². The van der Waals surface area contributed by atoms with Gasteiger partial charge in [0.25, 0.3) is 0 Å². The molecule has 0 saturated heterocycles. The molecule has 0 radical (unpaired) electrons. The number of aliphatic imine (C=N–C) groups is 1. The van der Waals surface area contributed by atoms with E-state index >= 15 is 0 Å². The first-order chi connectivity index (χ1) is 14.2. The average molecular weight is 466 g/mol. The Morgan fingerprint density at radius 2 is 1.90 bits per heavy atom. The number of hydrogen-bond donors (Lipinski definition) is 1. The van der Waals surface area contributed by atoms with E-state index in [-0.39, 0.29) is 23.8 Å². The van der Waals surface area contributed by atoms with Crippen LogP contribution < -0.4 is 0 Å². The van der Waals surface area contributed by atoms with Gasteiger partial charge in [0, 0.05) is 12.6 Å². The fourth-order valence-electron chi connectivity index (χ4n) is 2.76. The summed E-state index contributed by atoms with van der Waals surface area (Å²) < 4.78 is 6.15. The number of methoxy groups -OCH3 is 1. The number of halogens is 2. The lowest BCUT2D eigenvalue weighted by Crippen LogP contribution is -2.06. The van der Waals surface area contributed by atoms with Gasteiger partial charge in [-0.25, -0.2) is 4.79 Å². The predicted molar refractivity (Wildman–Crippen MR) is 117 cm³/mol. The number of nitrogens with zero attached hydrogens (tertiary/aromatic N) is 3. The minimum absolute atomic E-state index is 0.0753. The summed E-state index contributed by atoms with van der Waals surface area (Å²) in [6.07, 6.45) is 0. The lowest BCUT2D eigenvalue weighted by atomic mass is 10.1. The maximum Gasteiger partial charge on any atom is 0.348 e. The number of benzene rings is 1. The second-order valence-corrected chi connectivity index (χ2v) is 8.18. The van der Waals surface area contributed by atoms with Crippen molar-refractivity contribution in [1.82, 2.24) is 9.78 Å². The van der Waals surface area contributed by atoms with Gasteiger partial charge in [-0.1, -0.05) is 29.3 Å². The topological polar surface area (TPSA) is 93.8 Å². The van der Waals surface area contributed by atoms with Crippen molar-refractivity contribution < 1.29 is 19.4 Å². The molecule has 2 aromatic heterocycles. The Bertz CT molecular complexity index is 1170. The van der Waals surface area contributed by atoms with Gasteiger partial charge >= 0.3 is 5.97 Å². The molecule has 0 atom stereocenters. The summed E-state index contributed by atoms with van der Waals surface area (Å²) in [6, 6.07) is 8.09. The molecule has 0 saturated carbocycles. The molecule has 0 aliphatic carbocycles. The van der Waals surface area contributed by atoms with Crippen LogP contribution in [-0.4, -0.2) is 46.0 Å². The number of thiophene rings is 1. The van der Waals surface area contributed by atoms with Gasteiger partial charge in [-0.2, -0.15) is 5.10 Å². The van der Waals surface area contributed by atoms with Crippen molar-refractivity contribution in [3.05, 3.63) is 55.8 Å². The Hall–Kier alpha value is -2.68. The van der Waals surface area contributed by atoms with E-state index in [0.717, 1.165) is 11.3 Å². The van der Waals surface area contributed by atoms with Crippen molar-refractivity contribution in [2.75, 3.05) is 13.7 Å². The third-order valence-electron chi connectivity index (χ3n) is 4.29. The lowest BCUT2D eigenvalue weighted by Gasteiger charge is -2.04. The molecule has 7 nitrogen and oxygen atoms in total. The standard InChI is InChI=1S/C20H17Cl2N3O4S/c1-10(23-9-14(26)15-6-7-16(30-15)20(28)29-3)17-19(27)18(25(2)24-17)11-4-5-12(21)13(22)8-11/h4-8,27H,9H2,1-3H3. The minimum atomic E-state index is -0.494. The number of rotatable bonds is 6. The highest BCUT2D eigenvalue weighted by atomic mass is 35.5. The number of carbonyl (C=O) groups is 2. The Morgan fingerprint density at radius 3 is 2.57 bits per heavy atom. The molecule has 3 rings (SSSR count). The molecule has 0 bridgehead atoms. The van der Waals surface area contributed by atoms with Crippen molar-refractivity contribution in [2.24, 2.45) is 12.0 Å². The van der Waals surface area contributed by atoms with Crippen molar-refractivity contribution in [2.45, 2.75) is 6.92 Å². The van der Waals surface area contributed by atoms with Crippen molar-refractivity contribution in [3.8, 4) is 17.0 Å². The minimum Gasteiger partial charge on any atom is -0.504 e. The zero-order valence-corrected chi connectivity index (χ0v) is 18.6. The van der Waals surface area contributed by atoms with Crippen LogP contribution >= 0.6 is 34.5 Å². The highest BCUT2D eigenvalue weighted by molar-refractivity contribution is 7.15. The van der Waals surface area contributed by atoms with Crippen LogP contribution in [0.25, 0.3) is 11.3 Å². The molecule has 156 valence electrons. The molecule has 0 aliphatic rings. The molecule has 30 heavy (non-hydrogen) atoms. The first-order valence-electron chi connectivity index (χ1n) is 8.67. The van der Waals surface area contributed by atoms with Crippen LogP contribution in [0.5, 0.6) is 5.75 Å². The SMILES string of the molecule is COC(=O)c1ccc(C(=O)CN=C(C)c2nn(C)c(-c3ccc(Cl)c(Cl)c3)c2O)s1. The summed E-state index contributed by atoms with van der Waals surface area (Å²) in [6.45, 7) is 1.51. The fourth-order valence-corrected chi connectivity index (χ4v) is 3.92. The van der Waals surface area contributed by atoms with Gasteiger partial charge in [0.1, 0.15) is 22.8 Å². The van der Waals surface area contributed by atoms with E-state index in [9.17, 15) is 14.7 Å². The van der Waals surface area contributed by atoms with Gasteiger partial charge in [-0.3, -0.25) is 14.5 Å². The Balaban J connectivity index is 1.83. The maximum absolute atomic E-state index is 12.4. The van der Waals surface area contributed by atoms with E-state index in [1.807, 2.05) is 0 Å². The third-order valence-corrected chi connectivity index (χ3v) is 6.13. The van der Waals surface area contributed by atoms with Gasteiger partial charge < -0.3 is 9.84 Å². The number of carbonyl (C=O) groups excluding carboxylic acids is 2. The van der Waals surface area contributed by atoms with Gasteiger partial charge in [0.05, 0.1) is 27.7 Å². The van der Waals surface area contributed by atoms with Gasteiger partial charge in [0.2, 0.25) is 0 Å². The van der Waals surface area contributed by atoms with E-state index in [1.165, 1.54) is 17.9 Å². The number of aryl methyl sites for hydroxylation is 1. The number of esters is 1. The van der Waals surface area contributed by atoms with E-state index in [4.69, 9.17) is 23.2 Å². The number of Topliss-reactive ketones (excluding diaryl/α,β-unsaturated/α-hetero) is 1. The van der Waals surface area contributed by atoms with Crippen molar-refractivity contribution in [3.63, 3.8) is 0 Å².